The van der Waals surface area contributed by atoms with Gasteiger partial charge < -0.3 is 14.6 Å². The lowest BCUT2D eigenvalue weighted by molar-refractivity contribution is 0.0700. The van der Waals surface area contributed by atoms with Crippen LogP contribution < -0.4 is 4.74 Å². The minimum atomic E-state index is 0.0188. The maximum absolute atomic E-state index is 13.1. The minimum absolute atomic E-state index is 0.0188. The lowest BCUT2D eigenvalue weighted by Crippen LogP contribution is -2.39. The van der Waals surface area contributed by atoms with E-state index in [0.29, 0.717) is 18.0 Å². The Morgan fingerprint density at radius 2 is 2.29 bits per heavy atom. The van der Waals surface area contributed by atoms with Crippen LogP contribution in [0.1, 0.15) is 52.6 Å². The Morgan fingerprint density at radius 1 is 1.38 bits per heavy atom. The molecule has 1 amide bonds. The molecule has 6 nitrogen and oxygen atoms in total. The minimum Gasteiger partial charge on any atom is -0.480 e. The summed E-state index contributed by atoms with van der Waals surface area (Å²) in [6.07, 6.45) is 8.72. The monoisotopic (exact) mass is 326 g/mol. The van der Waals surface area contributed by atoms with E-state index < -0.39 is 0 Å². The molecule has 0 unspecified atom stereocenters. The number of fused-ring (bicyclic) bond motifs is 1. The number of carbonyl (C=O) groups excluding carboxylic acids is 1. The number of nitrogens with one attached hydrogen (secondary N) is 1. The molecular weight excluding hydrogens is 304 g/mol. The maximum atomic E-state index is 13.1. The lowest BCUT2D eigenvalue weighted by Gasteiger charge is -2.32. The summed E-state index contributed by atoms with van der Waals surface area (Å²) in [6, 6.07) is 1.99. The third kappa shape index (κ3) is 2.66. The van der Waals surface area contributed by atoms with Crippen LogP contribution in [0.4, 0.5) is 0 Å². The van der Waals surface area contributed by atoms with Gasteiger partial charge in [-0.15, -0.1) is 0 Å². The van der Waals surface area contributed by atoms with Gasteiger partial charge in [0.25, 0.3) is 5.91 Å². The molecule has 3 heterocycles. The lowest BCUT2D eigenvalue weighted by atomic mass is 9.96. The van der Waals surface area contributed by atoms with Crippen molar-refractivity contribution in [3.8, 4) is 5.88 Å². The molecular formula is C18H22N4O2. The standard InChI is InChI=1S/C18H22N4O2/c1-24-17-14(10-12-4-2-6-15(12)21-17)18(23)22-9-3-5-13(11-22)16-19-7-8-20-16/h7-8,10,13H,2-6,9,11H2,1H3,(H,19,20)/t13-/m1/s1. The first kappa shape index (κ1) is 15.2. The predicted molar refractivity (Wildman–Crippen MR) is 89.3 cm³/mol. The number of aryl methyl sites for hydroxylation is 2. The van der Waals surface area contributed by atoms with E-state index in [0.717, 1.165) is 50.2 Å². The summed E-state index contributed by atoms with van der Waals surface area (Å²) in [5.74, 6) is 1.71. The van der Waals surface area contributed by atoms with E-state index in [1.165, 1.54) is 5.56 Å². The molecule has 0 aromatic carbocycles. The zero-order chi connectivity index (χ0) is 16.5. The molecule has 0 saturated carbocycles. The number of aromatic amines is 1. The fourth-order valence-electron chi connectivity index (χ4n) is 3.82. The molecule has 2 aromatic rings. The highest BCUT2D eigenvalue weighted by atomic mass is 16.5. The largest absolute Gasteiger partial charge is 0.480 e. The quantitative estimate of drug-likeness (QED) is 0.939. The summed E-state index contributed by atoms with van der Waals surface area (Å²) in [6.45, 7) is 1.46. The first-order valence-electron chi connectivity index (χ1n) is 8.61. The second kappa shape index (κ2) is 6.26. The number of methoxy groups -OCH3 is 1. The zero-order valence-electron chi connectivity index (χ0n) is 13.9. The molecule has 1 saturated heterocycles. The van der Waals surface area contributed by atoms with Gasteiger partial charge in [-0.2, -0.15) is 0 Å². The van der Waals surface area contributed by atoms with Crippen molar-refractivity contribution in [2.75, 3.05) is 20.2 Å². The van der Waals surface area contributed by atoms with Gasteiger partial charge in [0.05, 0.1) is 7.11 Å². The van der Waals surface area contributed by atoms with Gasteiger partial charge in [0.1, 0.15) is 11.4 Å². The maximum Gasteiger partial charge on any atom is 0.259 e. The summed E-state index contributed by atoms with van der Waals surface area (Å²) in [4.78, 5) is 27.1. The number of ether oxygens (including phenoxy) is 1. The van der Waals surface area contributed by atoms with Crippen molar-refractivity contribution in [1.82, 2.24) is 19.9 Å². The second-order valence-corrected chi connectivity index (χ2v) is 6.57. The van der Waals surface area contributed by atoms with Gasteiger partial charge in [-0.3, -0.25) is 4.79 Å². The molecule has 0 radical (unpaired) electrons. The Bertz CT molecular complexity index is 742. The van der Waals surface area contributed by atoms with Crippen molar-refractivity contribution in [3.05, 3.63) is 41.1 Å². The van der Waals surface area contributed by atoms with Crippen LogP contribution in [0.15, 0.2) is 18.5 Å². The van der Waals surface area contributed by atoms with E-state index in [2.05, 4.69) is 15.0 Å². The molecule has 1 N–H and O–H groups in total. The number of hydrogen-bond acceptors (Lipinski definition) is 4. The number of piperidine rings is 1. The molecule has 24 heavy (non-hydrogen) atoms. The summed E-state index contributed by atoms with van der Waals surface area (Å²) in [5, 5.41) is 0. The fourth-order valence-corrected chi connectivity index (χ4v) is 3.82. The van der Waals surface area contributed by atoms with Gasteiger partial charge in [0.15, 0.2) is 0 Å². The average Bonchev–Trinajstić information content (AvgIpc) is 3.31. The van der Waals surface area contributed by atoms with E-state index in [1.54, 1.807) is 13.3 Å². The normalized spacial score (nSPS) is 20.0. The summed E-state index contributed by atoms with van der Waals surface area (Å²) < 4.78 is 5.40. The van der Waals surface area contributed by atoms with Gasteiger partial charge in [-0.05, 0) is 43.7 Å². The SMILES string of the molecule is COc1nc2c(cc1C(=O)N1CCC[C@@H](c3ncc[nH]3)C1)CCC2. The number of pyridine rings is 1. The van der Waals surface area contributed by atoms with Crippen molar-refractivity contribution in [1.29, 1.82) is 0 Å². The number of hydrogen-bond donors (Lipinski definition) is 1. The van der Waals surface area contributed by atoms with Crippen LogP contribution in [-0.2, 0) is 12.8 Å². The molecule has 0 spiro atoms. The number of nitrogens with zero attached hydrogens (tertiary/aromatic N) is 3. The van der Waals surface area contributed by atoms with Crippen LogP contribution in [0, 0.1) is 0 Å². The van der Waals surface area contributed by atoms with Crippen LogP contribution in [0.3, 0.4) is 0 Å². The summed E-state index contributed by atoms with van der Waals surface area (Å²) >= 11 is 0. The number of H-pyrrole nitrogens is 1. The van der Waals surface area contributed by atoms with E-state index in [9.17, 15) is 4.79 Å². The fraction of sp³-hybridized carbons (Fsp3) is 0.500. The number of likely N-dealkylation sites (tertiary alicyclic amines) is 1. The highest BCUT2D eigenvalue weighted by Gasteiger charge is 2.29. The second-order valence-electron chi connectivity index (χ2n) is 6.57. The Morgan fingerprint density at radius 3 is 3.08 bits per heavy atom. The van der Waals surface area contributed by atoms with Crippen LogP contribution in [0.25, 0.3) is 0 Å². The highest BCUT2D eigenvalue weighted by molar-refractivity contribution is 5.96. The van der Waals surface area contributed by atoms with E-state index >= 15 is 0 Å². The number of rotatable bonds is 3. The Balaban J connectivity index is 1.59. The van der Waals surface area contributed by atoms with Crippen molar-refractivity contribution in [2.24, 2.45) is 0 Å². The van der Waals surface area contributed by atoms with Gasteiger partial charge in [0.2, 0.25) is 5.88 Å². The van der Waals surface area contributed by atoms with Crippen molar-refractivity contribution < 1.29 is 9.53 Å². The van der Waals surface area contributed by atoms with Crippen LogP contribution in [0.2, 0.25) is 0 Å². The van der Waals surface area contributed by atoms with Crippen LogP contribution >= 0.6 is 0 Å². The molecule has 1 aliphatic carbocycles. The first-order chi connectivity index (χ1) is 11.8. The van der Waals surface area contributed by atoms with Crippen LogP contribution in [0.5, 0.6) is 5.88 Å². The molecule has 2 aromatic heterocycles. The van der Waals surface area contributed by atoms with Gasteiger partial charge in [-0.1, -0.05) is 0 Å². The van der Waals surface area contributed by atoms with Crippen molar-refractivity contribution >= 4 is 5.91 Å². The van der Waals surface area contributed by atoms with E-state index in [4.69, 9.17) is 4.74 Å². The summed E-state index contributed by atoms with van der Waals surface area (Å²) in [7, 11) is 1.59. The van der Waals surface area contributed by atoms with E-state index in [1.807, 2.05) is 17.2 Å². The van der Waals surface area contributed by atoms with Gasteiger partial charge >= 0.3 is 0 Å². The molecule has 4 rings (SSSR count). The average molecular weight is 326 g/mol. The predicted octanol–water partition coefficient (Wildman–Crippen LogP) is 2.32. The number of aromatic nitrogens is 3. The van der Waals surface area contributed by atoms with Crippen molar-refractivity contribution in [3.63, 3.8) is 0 Å². The Hall–Kier alpha value is -2.37. The van der Waals surface area contributed by atoms with Crippen molar-refractivity contribution in [2.45, 2.75) is 38.0 Å². The molecule has 6 heteroatoms. The molecule has 126 valence electrons. The number of imidazole rings is 1. The summed E-state index contributed by atoms with van der Waals surface area (Å²) in [5.41, 5.74) is 2.87. The first-order valence-corrected chi connectivity index (χ1v) is 8.61. The Kier molecular flexibility index (Phi) is 3.96. The smallest absolute Gasteiger partial charge is 0.259 e. The third-order valence-corrected chi connectivity index (χ3v) is 5.05. The molecule has 1 aliphatic heterocycles. The Labute approximate surface area is 141 Å². The third-order valence-electron chi connectivity index (χ3n) is 5.05. The molecule has 1 fully saturated rings. The zero-order valence-corrected chi connectivity index (χ0v) is 13.9. The molecule has 1 atom stereocenters. The molecule has 0 bridgehead atoms. The number of amides is 1. The van der Waals surface area contributed by atoms with Gasteiger partial charge in [0, 0.05) is 37.1 Å². The topological polar surface area (TPSA) is 71.1 Å². The number of carbonyl (C=O) groups is 1. The van der Waals surface area contributed by atoms with Crippen LogP contribution in [-0.4, -0.2) is 46.0 Å². The van der Waals surface area contributed by atoms with E-state index in [-0.39, 0.29) is 11.8 Å². The van der Waals surface area contributed by atoms with Gasteiger partial charge in [-0.25, -0.2) is 9.97 Å². The molecule has 2 aliphatic rings. The highest BCUT2D eigenvalue weighted by Crippen LogP contribution is 2.30.